The minimum Gasteiger partial charge on any atom is -0.497 e. The molecule has 1 saturated heterocycles. The summed E-state index contributed by atoms with van der Waals surface area (Å²) >= 11 is 1.46. The molecule has 0 bridgehead atoms. The number of methoxy groups -OCH3 is 1. The normalized spacial score (nSPS) is 17.3. The van der Waals surface area contributed by atoms with Gasteiger partial charge in [-0.3, -0.25) is 9.36 Å². The Kier molecular flexibility index (Phi) is 7.19. The number of piperidine rings is 1. The molecule has 170 valence electrons. The molecule has 1 aromatic carbocycles. The van der Waals surface area contributed by atoms with Crippen LogP contribution >= 0.6 is 11.8 Å². The number of rotatable bonds is 8. The van der Waals surface area contributed by atoms with Crippen LogP contribution in [-0.4, -0.2) is 50.5 Å². The van der Waals surface area contributed by atoms with Crippen molar-refractivity contribution in [1.29, 1.82) is 0 Å². The summed E-state index contributed by atoms with van der Waals surface area (Å²) in [6, 6.07) is 11.9. The van der Waals surface area contributed by atoms with Crippen LogP contribution in [0.5, 0.6) is 5.75 Å². The number of carbonyl (C=O) groups is 1. The van der Waals surface area contributed by atoms with Gasteiger partial charge in [-0.1, -0.05) is 18.7 Å². The molecule has 0 N–H and O–H groups in total. The Labute approximate surface area is 193 Å². The maximum Gasteiger partial charge on any atom is 0.236 e. The lowest BCUT2D eigenvalue weighted by Gasteiger charge is -2.36. The number of amides is 1. The fourth-order valence-corrected chi connectivity index (χ4v) is 5.11. The molecule has 32 heavy (non-hydrogen) atoms. The molecule has 1 aliphatic heterocycles. The van der Waals surface area contributed by atoms with Crippen molar-refractivity contribution < 1.29 is 13.9 Å². The smallest absolute Gasteiger partial charge is 0.236 e. The Morgan fingerprint density at radius 2 is 2.06 bits per heavy atom. The first kappa shape index (κ1) is 22.5. The average Bonchev–Trinajstić information content (AvgIpc) is 3.49. The molecule has 1 amide bonds. The van der Waals surface area contributed by atoms with Crippen LogP contribution < -0.4 is 4.74 Å². The Hall–Kier alpha value is -2.74. The summed E-state index contributed by atoms with van der Waals surface area (Å²) in [5, 5.41) is 9.38. The van der Waals surface area contributed by atoms with E-state index in [4.69, 9.17) is 9.15 Å². The predicted molar refractivity (Wildman–Crippen MR) is 125 cm³/mol. The Bertz CT molecular complexity index is 1020. The van der Waals surface area contributed by atoms with Crippen molar-refractivity contribution in [2.75, 3.05) is 13.7 Å². The molecule has 2 aromatic heterocycles. The van der Waals surface area contributed by atoms with Crippen LogP contribution in [-0.2, 0) is 11.3 Å². The van der Waals surface area contributed by atoms with Crippen molar-refractivity contribution in [3.8, 4) is 17.1 Å². The van der Waals surface area contributed by atoms with E-state index in [1.54, 1.807) is 13.4 Å². The second kappa shape index (κ2) is 10.3. The van der Waals surface area contributed by atoms with Crippen LogP contribution in [0.15, 0.2) is 52.2 Å². The zero-order chi connectivity index (χ0) is 22.5. The van der Waals surface area contributed by atoms with Crippen molar-refractivity contribution in [1.82, 2.24) is 19.7 Å². The van der Waals surface area contributed by atoms with E-state index in [0.717, 1.165) is 48.7 Å². The molecule has 7 nitrogen and oxygen atoms in total. The number of likely N-dealkylation sites (tertiary alicyclic amines) is 1. The summed E-state index contributed by atoms with van der Waals surface area (Å²) in [6.07, 6.45) is 6.03. The van der Waals surface area contributed by atoms with E-state index >= 15 is 0 Å². The van der Waals surface area contributed by atoms with E-state index in [9.17, 15) is 4.79 Å². The van der Waals surface area contributed by atoms with Gasteiger partial charge in [0.25, 0.3) is 0 Å². The van der Waals surface area contributed by atoms with Crippen LogP contribution in [0.2, 0.25) is 0 Å². The molecule has 2 unspecified atom stereocenters. The zero-order valence-corrected chi connectivity index (χ0v) is 19.7. The summed E-state index contributed by atoms with van der Waals surface area (Å²) in [6.45, 7) is 5.47. The van der Waals surface area contributed by atoms with E-state index in [0.29, 0.717) is 17.7 Å². The highest BCUT2D eigenvalue weighted by molar-refractivity contribution is 8.00. The maximum atomic E-state index is 13.3. The van der Waals surface area contributed by atoms with Gasteiger partial charge >= 0.3 is 0 Å². The fourth-order valence-electron chi connectivity index (χ4n) is 4.19. The topological polar surface area (TPSA) is 73.4 Å². The van der Waals surface area contributed by atoms with E-state index in [-0.39, 0.29) is 11.2 Å². The van der Waals surface area contributed by atoms with Gasteiger partial charge in [-0.05, 0) is 69.0 Å². The summed E-state index contributed by atoms with van der Waals surface area (Å²) < 4.78 is 12.9. The fraction of sp³-hybridized carbons (Fsp3) is 0.458. The number of benzene rings is 1. The van der Waals surface area contributed by atoms with Gasteiger partial charge in [0.15, 0.2) is 11.0 Å². The molecule has 0 aliphatic carbocycles. The summed E-state index contributed by atoms with van der Waals surface area (Å²) in [4.78, 5) is 15.3. The second-order valence-corrected chi connectivity index (χ2v) is 9.36. The van der Waals surface area contributed by atoms with Gasteiger partial charge in [-0.2, -0.15) is 0 Å². The molecule has 3 heterocycles. The average molecular weight is 455 g/mol. The minimum atomic E-state index is -0.245. The number of aromatic nitrogens is 3. The van der Waals surface area contributed by atoms with Crippen LogP contribution in [0.4, 0.5) is 0 Å². The van der Waals surface area contributed by atoms with Gasteiger partial charge in [0.2, 0.25) is 5.91 Å². The highest BCUT2D eigenvalue weighted by atomic mass is 32.2. The summed E-state index contributed by atoms with van der Waals surface area (Å²) in [5.41, 5.74) is 0.928. The number of thioether (sulfide) groups is 1. The molecular formula is C24H30N4O3S. The molecule has 1 fully saturated rings. The lowest BCUT2D eigenvalue weighted by molar-refractivity contribution is -0.134. The molecule has 3 aromatic rings. The molecule has 1 aliphatic rings. The van der Waals surface area contributed by atoms with Gasteiger partial charge in [0.05, 0.1) is 25.2 Å². The van der Waals surface area contributed by atoms with Gasteiger partial charge < -0.3 is 14.1 Å². The standard InChI is InChI=1S/C24H30N4O3S/c1-4-19-8-5-6-14-27(19)23(29)17(2)32-24-26-25-22(18-10-12-20(30-3)13-11-18)28(24)16-21-9-7-15-31-21/h7,9-13,15,17,19H,4-6,8,14,16H2,1-3H3. The molecule has 4 rings (SSSR count). The van der Waals surface area contributed by atoms with Crippen LogP contribution in [0, 0.1) is 0 Å². The van der Waals surface area contributed by atoms with E-state index in [1.165, 1.54) is 18.2 Å². The molecule has 0 spiro atoms. The van der Waals surface area contributed by atoms with Crippen LogP contribution in [0.1, 0.15) is 45.3 Å². The maximum absolute atomic E-state index is 13.3. The number of nitrogens with zero attached hydrogens (tertiary/aromatic N) is 4. The van der Waals surface area contributed by atoms with Crippen LogP contribution in [0.25, 0.3) is 11.4 Å². The highest BCUT2D eigenvalue weighted by Gasteiger charge is 2.30. The number of carbonyl (C=O) groups excluding carboxylic acids is 1. The summed E-state index contributed by atoms with van der Waals surface area (Å²) in [5.74, 6) is 2.50. The van der Waals surface area contributed by atoms with E-state index in [2.05, 4.69) is 22.0 Å². The van der Waals surface area contributed by atoms with Gasteiger partial charge in [-0.15, -0.1) is 10.2 Å². The predicted octanol–water partition coefficient (Wildman–Crippen LogP) is 4.87. The van der Waals surface area contributed by atoms with Crippen molar-refractivity contribution in [3.63, 3.8) is 0 Å². The Morgan fingerprint density at radius 3 is 2.75 bits per heavy atom. The SMILES string of the molecule is CCC1CCCCN1C(=O)C(C)Sc1nnc(-c2ccc(OC)cc2)n1Cc1ccco1. The van der Waals surface area contributed by atoms with Gasteiger partial charge in [-0.25, -0.2) is 0 Å². The molecule has 8 heteroatoms. The first-order valence-electron chi connectivity index (χ1n) is 11.2. The van der Waals surface area contributed by atoms with Crippen molar-refractivity contribution in [2.45, 2.75) is 62.5 Å². The monoisotopic (exact) mass is 454 g/mol. The molecular weight excluding hydrogens is 424 g/mol. The second-order valence-electron chi connectivity index (χ2n) is 8.05. The van der Waals surface area contributed by atoms with Crippen molar-refractivity contribution >= 4 is 17.7 Å². The van der Waals surface area contributed by atoms with Crippen molar-refractivity contribution in [3.05, 3.63) is 48.4 Å². The highest BCUT2D eigenvalue weighted by Crippen LogP contribution is 2.31. The lowest BCUT2D eigenvalue weighted by Crippen LogP contribution is -2.46. The first-order valence-corrected chi connectivity index (χ1v) is 12.1. The first-order chi connectivity index (χ1) is 15.6. The quantitative estimate of drug-likeness (QED) is 0.452. The largest absolute Gasteiger partial charge is 0.497 e. The van der Waals surface area contributed by atoms with Crippen molar-refractivity contribution in [2.24, 2.45) is 0 Å². The van der Waals surface area contributed by atoms with E-state index < -0.39 is 0 Å². The Morgan fingerprint density at radius 1 is 1.25 bits per heavy atom. The lowest BCUT2D eigenvalue weighted by atomic mass is 10.00. The van der Waals surface area contributed by atoms with Gasteiger partial charge in [0.1, 0.15) is 11.5 Å². The third-order valence-corrected chi connectivity index (χ3v) is 7.04. The molecule has 0 radical (unpaired) electrons. The number of hydrogen-bond donors (Lipinski definition) is 0. The van der Waals surface area contributed by atoms with Crippen LogP contribution in [0.3, 0.4) is 0 Å². The van der Waals surface area contributed by atoms with Gasteiger partial charge in [0, 0.05) is 18.2 Å². The third kappa shape index (κ3) is 4.85. The minimum absolute atomic E-state index is 0.181. The molecule has 2 atom stereocenters. The zero-order valence-electron chi connectivity index (χ0n) is 18.9. The Balaban J connectivity index is 1.59. The summed E-state index contributed by atoms with van der Waals surface area (Å²) in [7, 11) is 1.65. The number of furan rings is 1. The number of hydrogen-bond acceptors (Lipinski definition) is 6. The molecule has 0 saturated carbocycles. The van der Waals surface area contributed by atoms with E-state index in [1.807, 2.05) is 47.9 Å². The third-order valence-electron chi connectivity index (χ3n) is 5.97. The number of ether oxygens (including phenoxy) is 1.